The fourth-order valence-corrected chi connectivity index (χ4v) is 3.74. The molecular weight excluding hydrogens is 416 g/mol. The summed E-state index contributed by atoms with van der Waals surface area (Å²) in [6.45, 7) is 0. The zero-order valence-corrected chi connectivity index (χ0v) is 15.6. The average molecular weight is 432 g/mol. The van der Waals surface area contributed by atoms with Gasteiger partial charge in [0.15, 0.2) is 0 Å². The van der Waals surface area contributed by atoms with Crippen molar-refractivity contribution in [3.63, 3.8) is 0 Å². The lowest BCUT2D eigenvalue weighted by Gasteiger charge is -2.18. The summed E-state index contributed by atoms with van der Waals surface area (Å²) in [5.41, 5.74) is 7.25. The largest absolute Gasteiger partial charge is 0.508 e. The van der Waals surface area contributed by atoms with Crippen LogP contribution < -0.4 is 0 Å². The highest BCUT2D eigenvalue weighted by atomic mass is 79.9. The van der Waals surface area contributed by atoms with Crippen LogP contribution in [-0.4, -0.2) is 5.11 Å². The molecule has 116 valence electrons. The van der Waals surface area contributed by atoms with Gasteiger partial charge in [0.25, 0.3) is 0 Å². The summed E-state index contributed by atoms with van der Waals surface area (Å²) in [5.74, 6) is 0.284. The minimum atomic E-state index is 0.284. The van der Waals surface area contributed by atoms with Crippen molar-refractivity contribution < 1.29 is 5.11 Å². The van der Waals surface area contributed by atoms with Gasteiger partial charge in [-0.25, -0.2) is 0 Å². The van der Waals surface area contributed by atoms with E-state index in [2.05, 4.69) is 68.3 Å². The fourth-order valence-electron chi connectivity index (χ4n) is 2.80. The molecule has 3 rings (SSSR count). The van der Waals surface area contributed by atoms with Gasteiger partial charge in [0, 0.05) is 10.7 Å². The predicted molar refractivity (Wildman–Crippen MR) is 104 cm³/mol. The van der Waals surface area contributed by atoms with Crippen molar-refractivity contribution in [3.8, 4) is 28.0 Å². The quantitative estimate of drug-likeness (QED) is 0.466. The van der Waals surface area contributed by atoms with E-state index in [1.807, 2.05) is 18.2 Å². The molecule has 3 aromatic rings. The summed E-state index contributed by atoms with van der Waals surface area (Å²) in [7, 11) is 0. The third kappa shape index (κ3) is 3.36. The van der Waals surface area contributed by atoms with Crippen LogP contribution in [0.4, 0.5) is 0 Å². The molecule has 0 aliphatic heterocycles. The molecule has 0 saturated carbocycles. The van der Waals surface area contributed by atoms with Crippen molar-refractivity contribution in [3.05, 3.63) is 77.9 Å². The van der Waals surface area contributed by atoms with Crippen LogP contribution in [0.25, 0.3) is 22.3 Å². The van der Waals surface area contributed by atoms with E-state index in [0.717, 1.165) is 16.2 Å². The van der Waals surface area contributed by atoms with Crippen molar-refractivity contribution in [2.24, 2.45) is 0 Å². The Hall–Kier alpha value is -1.58. The van der Waals surface area contributed by atoms with Crippen LogP contribution in [0.3, 0.4) is 0 Å². The lowest BCUT2D eigenvalue weighted by Crippen LogP contribution is -1.96. The standard InChI is InChI=1S/C20H16Br2O/c21-12-16-6-7-17(13-22)20(15-8-10-18(23)11-9-15)19(16)14-4-2-1-3-5-14/h1-11,23H,12-13H2. The normalized spacial score (nSPS) is 10.7. The van der Waals surface area contributed by atoms with E-state index >= 15 is 0 Å². The molecular formula is C20H16Br2O. The van der Waals surface area contributed by atoms with Crippen molar-refractivity contribution >= 4 is 31.9 Å². The monoisotopic (exact) mass is 430 g/mol. The zero-order chi connectivity index (χ0) is 16.2. The van der Waals surface area contributed by atoms with Crippen LogP contribution in [-0.2, 0) is 10.7 Å². The number of aromatic hydroxyl groups is 1. The predicted octanol–water partition coefficient (Wildman–Crippen LogP) is 6.52. The summed E-state index contributed by atoms with van der Waals surface area (Å²) >= 11 is 7.23. The molecule has 0 fully saturated rings. The molecule has 0 aliphatic rings. The van der Waals surface area contributed by atoms with Crippen LogP contribution in [0.5, 0.6) is 5.75 Å². The number of halogens is 2. The molecule has 0 unspecified atom stereocenters. The summed E-state index contributed by atoms with van der Waals surface area (Å²) in [4.78, 5) is 0. The number of hydrogen-bond donors (Lipinski definition) is 1. The minimum absolute atomic E-state index is 0.284. The van der Waals surface area contributed by atoms with Crippen LogP contribution in [0, 0.1) is 0 Å². The number of alkyl halides is 2. The molecule has 3 aromatic carbocycles. The first-order chi connectivity index (χ1) is 11.2. The first-order valence-electron chi connectivity index (χ1n) is 7.36. The Morgan fingerprint density at radius 2 is 1.09 bits per heavy atom. The maximum Gasteiger partial charge on any atom is 0.115 e. The second-order valence-corrected chi connectivity index (χ2v) is 6.44. The molecule has 0 bridgehead atoms. The summed E-state index contributed by atoms with van der Waals surface area (Å²) in [5, 5.41) is 11.2. The van der Waals surface area contributed by atoms with E-state index in [1.54, 1.807) is 12.1 Å². The van der Waals surface area contributed by atoms with E-state index in [0.29, 0.717) is 0 Å². The molecule has 0 amide bonds. The third-order valence-corrected chi connectivity index (χ3v) is 5.09. The Kier molecular flexibility index (Phi) is 5.19. The lowest BCUT2D eigenvalue weighted by molar-refractivity contribution is 0.475. The smallest absolute Gasteiger partial charge is 0.115 e. The van der Waals surface area contributed by atoms with E-state index in [1.165, 1.54) is 27.8 Å². The Bertz CT molecular complexity index is 796. The topological polar surface area (TPSA) is 20.2 Å². The number of benzene rings is 3. The molecule has 0 radical (unpaired) electrons. The second-order valence-electron chi connectivity index (χ2n) is 5.31. The SMILES string of the molecule is Oc1ccc(-c2c(CBr)ccc(CBr)c2-c2ccccc2)cc1. The van der Waals surface area contributed by atoms with Gasteiger partial charge in [-0.2, -0.15) is 0 Å². The van der Waals surface area contributed by atoms with Crippen LogP contribution in [0.1, 0.15) is 11.1 Å². The van der Waals surface area contributed by atoms with Gasteiger partial charge in [-0.15, -0.1) is 0 Å². The molecule has 0 saturated heterocycles. The van der Waals surface area contributed by atoms with E-state index in [4.69, 9.17) is 0 Å². The highest BCUT2D eigenvalue weighted by Gasteiger charge is 2.15. The number of phenolic OH excluding ortho intramolecular Hbond substituents is 1. The maximum atomic E-state index is 9.60. The molecule has 0 spiro atoms. The van der Waals surface area contributed by atoms with Gasteiger partial charge < -0.3 is 5.11 Å². The van der Waals surface area contributed by atoms with Crippen LogP contribution in [0.2, 0.25) is 0 Å². The minimum Gasteiger partial charge on any atom is -0.508 e. The number of rotatable bonds is 4. The Labute approximate surface area is 153 Å². The van der Waals surface area contributed by atoms with Crippen molar-refractivity contribution in [2.45, 2.75) is 10.7 Å². The highest BCUT2D eigenvalue weighted by Crippen LogP contribution is 2.39. The summed E-state index contributed by atoms with van der Waals surface area (Å²) < 4.78 is 0. The number of hydrogen-bond acceptors (Lipinski definition) is 1. The van der Waals surface area contributed by atoms with Gasteiger partial charge in [0.2, 0.25) is 0 Å². The fraction of sp³-hybridized carbons (Fsp3) is 0.100. The first-order valence-corrected chi connectivity index (χ1v) is 9.60. The molecule has 0 aliphatic carbocycles. The Morgan fingerprint density at radius 3 is 1.57 bits per heavy atom. The van der Waals surface area contributed by atoms with Gasteiger partial charge in [0.1, 0.15) is 5.75 Å². The molecule has 0 aromatic heterocycles. The van der Waals surface area contributed by atoms with Crippen molar-refractivity contribution in [1.29, 1.82) is 0 Å². The van der Waals surface area contributed by atoms with Gasteiger partial charge in [-0.1, -0.05) is 86.5 Å². The molecule has 0 heterocycles. The first kappa shape index (κ1) is 16.3. The molecule has 3 heteroatoms. The number of phenols is 1. The molecule has 23 heavy (non-hydrogen) atoms. The van der Waals surface area contributed by atoms with Gasteiger partial charge in [-0.3, -0.25) is 0 Å². The van der Waals surface area contributed by atoms with Gasteiger partial charge in [0.05, 0.1) is 0 Å². The zero-order valence-electron chi connectivity index (χ0n) is 12.5. The van der Waals surface area contributed by atoms with E-state index in [-0.39, 0.29) is 5.75 Å². The van der Waals surface area contributed by atoms with Crippen LogP contribution in [0.15, 0.2) is 66.7 Å². The van der Waals surface area contributed by atoms with Crippen molar-refractivity contribution in [1.82, 2.24) is 0 Å². The third-order valence-electron chi connectivity index (χ3n) is 3.88. The second kappa shape index (κ2) is 7.33. The maximum absolute atomic E-state index is 9.60. The van der Waals surface area contributed by atoms with Gasteiger partial charge >= 0.3 is 0 Å². The average Bonchev–Trinajstić information content (AvgIpc) is 2.62. The lowest BCUT2D eigenvalue weighted by atomic mass is 9.88. The molecule has 1 N–H and O–H groups in total. The molecule has 1 nitrogen and oxygen atoms in total. The van der Waals surface area contributed by atoms with Crippen molar-refractivity contribution in [2.75, 3.05) is 0 Å². The van der Waals surface area contributed by atoms with E-state index < -0.39 is 0 Å². The van der Waals surface area contributed by atoms with Gasteiger partial charge in [-0.05, 0) is 45.5 Å². The summed E-state index contributed by atoms with van der Waals surface area (Å²) in [6.07, 6.45) is 0. The van der Waals surface area contributed by atoms with Crippen LogP contribution >= 0.6 is 31.9 Å². The molecule has 0 atom stereocenters. The highest BCUT2D eigenvalue weighted by molar-refractivity contribution is 9.08. The Morgan fingerprint density at radius 1 is 0.609 bits per heavy atom. The van der Waals surface area contributed by atoms with E-state index in [9.17, 15) is 5.11 Å². The summed E-state index contributed by atoms with van der Waals surface area (Å²) in [6, 6.07) is 22.2. The Balaban J connectivity index is 2.33.